The van der Waals surface area contributed by atoms with E-state index in [0.717, 1.165) is 0 Å². The SMILES string of the molecule is CCC1C(=O)NCCN1c1cccc(Cl)c1[N+](=O)[O-]. The molecule has 1 amide bonds. The van der Waals surface area contributed by atoms with Crippen LogP contribution in [0.2, 0.25) is 5.02 Å². The van der Waals surface area contributed by atoms with Gasteiger partial charge < -0.3 is 10.2 Å². The van der Waals surface area contributed by atoms with Crippen molar-refractivity contribution in [1.82, 2.24) is 5.32 Å². The number of nitro groups is 1. The summed E-state index contributed by atoms with van der Waals surface area (Å²) in [6, 6.07) is 4.37. The maximum Gasteiger partial charge on any atom is 0.310 e. The maximum absolute atomic E-state index is 11.8. The minimum absolute atomic E-state index is 0.0864. The molecular weight excluding hydrogens is 270 g/mol. The number of carbonyl (C=O) groups is 1. The molecule has 1 N–H and O–H groups in total. The summed E-state index contributed by atoms with van der Waals surface area (Å²) < 4.78 is 0. The predicted molar refractivity (Wildman–Crippen MR) is 72.5 cm³/mol. The molecule has 1 heterocycles. The average Bonchev–Trinajstić information content (AvgIpc) is 2.37. The van der Waals surface area contributed by atoms with Gasteiger partial charge >= 0.3 is 5.69 Å². The van der Waals surface area contributed by atoms with E-state index in [0.29, 0.717) is 25.2 Å². The second kappa shape index (κ2) is 5.44. The van der Waals surface area contributed by atoms with Gasteiger partial charge in [-0.2, -0.15) is 0 Å². The molecule has 0 spiro atoms. The first-order chi connectivity index (χ1) is 9.06. The number of halogens is 1. The second-order valence-corrected chi connectivity index (χ2v) is 4.68. The van der Waals surface area contributed by atoms with E-state index in [4.69, 9.17) is 11.6 Å². The van der Waals surface area contributed by atoms with Gasteiger partial charge in [-0.25, -0.2) is 0 Å². The highest BCUT2D eigenvalue weighted by molar-refractivity contribution is 6.33. The summed E-state index contributed by atoms with van der Waals surface area (Å²) in [4.78, 5) is 24.2. The molecule has 1 aromatic rings. The lowest BCUT2D eigenvalue weighted by atomic mass is 10.1. The molecule has 1 saturated heterocycles. The van der Waals surface area contributed by atoms with Crippen molar-refractivity contribution in [3.8, 4) is 0 Å². The number of hydrogen-bond acceptors (Lipinski definition) is 4. The van der Waals surface area contributed by atoms with Crippen LogP contribution in [0.3, 0.4) is 0 Å². The van der Waals surface area contributed by atoms with Crippen molar-refractivity contribution in [2.75, 3.05) is 18.0 Å². The van der Waals surface area contributed by atoms with Crippen LogP contribution in [0.4, 0.5) is 11.4 Å². The smallest absolute Gasteiger partial charge is 0.310 e. The molecule has 1 unspecified atom stereocenters. The summed E-state index contributed by atoms with van der Waals surface area (Å²) in [5.74, 6) is -0.108. The zero-order chi connectivity index (χ0) is 14.0. The Kier molecular flexibility index (Phi) is 3.90. The van der Waals surface area contributed by atoms with Crippen LogP contribution in [0.25, 0.3) is 0 Å². The van der Waals surface area contributed by atoms with Crippen LogP contribution in [-0.2, 0) is 4.79 Å². The largest absolute Gasteiger partial charge is 0.353 e. The van der Waals surface area contributed by atoms with E-state index >= 15 is 0 Å². The van der Waals surface area contributed by atoms with Gasteiger partial charge in [-0.1, -0.05) is 24.6 Å². The van der Waals surface area contributed by atoms with Crippen molar-refractivity contribution >= 4 is 28.9 Å². The van der Waals surface area contributed by atoms with Gasteiger partial charge in [-0.3, -0.25) is 14.9 Å². The van der Waals surface area contributed by atoms with E-state index < -0.39 is 11.0 Å². The molecule has 6 nitrogen and oxygen atoms in total. The van der Waals surface area contributed by atoms with E-state index in [-0.39, 0.29) is 16.6 Å². The van der Waals surface area contributed by atoms with Gasteiger partial charge in [-0.05, 0) is 18.6 Å². The van der Waals surface area contributed by atoms with E-state index in [1.807, 2.05) is 6.92 Å². The highest BCUT2D eigenvalue weighted by Gasteiger charge is 2.33. The summed E-state index contributed by atoms with van der Waals surface area (Å²) in [5.41, 5.74) is 0.261. The van der Waals surface area contributed by atoms with Crippen LogP contribution in [0.5, 0.6) is 0 Å². The number of carbonyl (C=O) groups excluding carboxylic acids is 1. The van der Waals surface area contributed by atoms with Crippen molar-refractivity contribution in [1.29, 1.82) is 0 Å². The lowest BCUT2D eigenvalue weighted by Gasteiger charge is -2.35. The van der Waals surface area contributed by atoms with Crippen LogP contribution < -0.4 is 10.2 Å². The summed E-state index contributed by atoms with van der Waals surface area (Å²) >= 11 is 5.90. The normalized spacial score (nSPS) is 19.2. The van der Waals surface area contributed by atoms with Crippen LogP contribution in [0, 0.1) is 10.1 Å². The Labute approximate surface area is 115 Å². The van der Waals surface area contributed by atoms with Gasteiger partial charge in [0.1, 0.15) is 16.8 Å². The molecule has 1 aliphatic heterocycles. The van der Waals surface area contributed by atoms with Gasteiger partial charge in [-0.15, -0.1) is 0 Å². The molecule has 2 rings (SSSR count). The number of nitro benzene ring substituents is 1. The molecule has 102 valence electrons. The van der Waals surface area contributed by atoms with Gasteiger partial charge in [0, 0.05) is 13.1 Å². The van der Waals surface area contributed by atoms with E-state index in [1.165, 1.54) is 6.07 Å². The number of rotatable bonds is 3. The molecule has 0 radical (unpaired) electrons. The van der Waals surface area contributed by atoms with Gasteiger partial charge in [0.05, 0.1) is 4.92 Å². The maximum atomic E-state index is 11.8. The number of anilines is 1. The monoisotopic (exact) mass is 283 g/mol. The number of nitrogens with one attached hydrogen (secondary N) is 1. The third-order valence-electron chi connectivity index (χ3n) is 3.18. The molecule has 1 aromatic carbocycles. The number of benzene rings is 1. The van der Waals surface area contributed by atoms with Crippen molar-refractivity contribution in [2.45, 2.75) is 19.4 Å². The Balaban J connectivity index is 2.48. The van der Waals surface area contributed by atoms with E-state index in [1.54, 1.807) is 17.0 Å². The molecule has 1 fully saturated rings. The summed E-state index contributed by atoms with van der Waals surface area (Å²) in [7, 11) is 0. The van der Waals surface area contributed by atoms with Gasteiger partial charge in [0.25, 0.3) is 0 Å². The topological polar surface area (TPSA) is 75.5 Å². The first-order valence-corrected chi connectivity index (χ1v) is 6.41. The molecule has 7 heteroatoms. The summed E-state index contributed by atoms with van der Waals surface area (Å²) in [5, 5.41) is 14.0. The molecule has 0 aliphatic carbocycles. The van der Waals surface area contributed by atoms with Gasteiger partial charge in [0.15, 0.2) is 0 Å². The minimum atomic E-state index is -0.503. The van der Waals surface area contributed by atoms with Crippen molar-refractivity contribution in [3.05, 3.63) is 33.3 Å². The zero-order valence-corrected chi connectivity index (χ0v) is 11.2. The molecule has 19 heavy (non-hydrogen) atoms. The fourth-order valence-electron chi connectivity index (χ4n) is 2.33. The standard InChI is InChI=1S/C12H14ClN3O3/c1-2-9-12(17)14-6-7-15(9)10-5-3-4-8(13)11(10)16(18)19/h3-5,9H,2,6-7H2,1H3,(H,14,17). The molecule has 0 saturated carbocycles. The molecule has 1 aliphatic rings. The molecule has 1 atom stereocenters. The van der Waals surface area contributed by atoms with Crippen molar-refractivity contribution in [3.63, 3.8) is 0 Å². The molecular formula is C12H14ClN3O3. The average molecular weight is 284 g/mol. The van der Waals surface area contributed by atoms with Crippen molar-refractivity contribution in [2.24, 2.45) is 0 Å². The number of nitrogens with zero attached hydrogens (tertiary/aromatic N) is 2. The van der Waals surface area contributed by atoms with Gasteiger partial charge in [0.2, 0.25) is 5.91 Å². The zero-order valence-electron chi connectivity index (χ0n) is 10.4. The Morgan fingerprint density at radius 3 is 2.95 bits per heavy atom. The Morgan fingerprint density at radius 1 is 1.58 bits per heavy atom. The van der Waals surface area contributed by atoms with Crippen LogP contribution in [0.1, 0.15) is 13.3 Å². The third-order valence-corrected chi connectivity index (χ3v) is 3.48. The Bertz CT molecular complexity index is 521. The number of amides is 1. The summed E-state index contributed by atoms with van der Waals surface area (Å²) in [6.07, 6.45) is 0.579. The lowest BCUT2D eigenvalue weighted by molar-refractivity contribution is -0.384. The van der Waals surface area contributed by atoms with E-state index in [9.17, 15) is 14.9 Å². The highest BCUT2D eigenvalue weighted by Crippen LogP contribution is 2.36. The third kappa shape index (κ3) is 2.49. The predicted octanol–water partition coefficient (Wildman–Crippen LogP) is 1.96. The first kappa shape index (κ1) is 13.6. The summed E-state index contributed by atoms with van der Waals surface area (Å²) in [6.45, 7) is 2.88. The van der Waals surface area contributed by atoms with Crippen LogP contribution in [0.15, 0.2) is 18.2 Å². The lowest BCUT2D eigenvalue weighted by Crippen LogP contribution is -2.55. The second-order valence-electron chi connectivity index (χ2n) is 4.27. The van der Waals surface area contributed by atoms with Crippen molar-refractivity contribution < 1.29 is 9.72 Å². The Morgan fingerprint density at radius 2 is 2.32 bits per heavy atom. The first-order valence-electron chi connectivity index (χ1n) is 6.03. The minimum Gasteiger partial charge on any atom is -0.353 e. The molecule has 0 bridgehead atoms. The Hall–Kier alpha value is -1.82. The van der Waals surface area contributed by atoms with Crippen LogP contribution in [-0.4, -0.2) is 30.0 Å². The number of piperazine rings is 1. The van der Waals surface area contributed by atoms with Crippen LogP contribution >= 0.6 is 11.6 Å². The number of hydrogen-bond donors (Lipinski definition) is 1. The quantitative estimate of drug-likeness (QED) is 0.680. The van der Waals surface area contributed by atoms with E-state index in [2.05, 4.69) is 5.32 Å². The fraction of sp³-hybridized carbons (Fsp3) is 0.417. The highest BCUT2D eigenvalue weighted by atomic mass is 35.5. The fourth-order valence-corrected chi connectivity index (χ4v) is 2.56. The number of para-hydroxylation sites is 1. The molecule has 0 aromatic heterocycles.